The molecule has 2 saturated carbocycles. The molecule has 2 aromatic rings. The van der Waals surface area contributed by atoms with Crippen LogP contribution < -0.4 is 10.2 Å². The summed E-state index contributed by atoms with van der Waals surface area (Å²) in [5.74, 6) is 1.43. The summed E-state index contributed by atoms with van der Waals surface area (Å²) in [5.41, 5.74) is 4.74. The van der Waals surface area contributed by atoms with Gasteiger partial charge in [0.05, 0.1) is 10.7 Å². The molecule has 0 heterocycles. The van der Waals surface area contributed by atoms with Gasteiger partial charge in [0, 0.05) is 16.5 Å². The first-order valence-electron chi connectivity index (χ1n) is 9.98. The Morgan fingerprint density at radius 1 is 1.34 bits per heavy atom. The predicted octanol–water partition coefficient (Wildman–Crippen LogP) is 5.96. The Hall–Kier alpha value is -1.85. The number of rotatable bonds is 6. The van der Waals surface area contributed by atoms with Crippen molar-refractivity contribution in [1.29, 1.82) is 0 Å². The van der Waals surface area contributed by atoms with Gasteiger partial charge in [-0.05, 0) is 69.9 Å². The van der Waals surface area contributed by atoms with E-state index in [1.807, 2.05) is 42.5 Å². The Balaban J connectivity index is 1.32. The molecule has 0 aliphatic heterocycles. The number of carbonyl (C=O) groups is 1. The van der Waals surface area contributed by atoms with Crippen LogP contribution in [0.5, 0.6) is 5.75 Å². The summed E-state index contributed by atoms with van der Waals surface area (Å²) in [6.45, 7) is 2.63. The molecule has 29 heavy (non-hydrogen) atoms. The molecule has 2 fully saturated rings. The number of amides is 1. The molecule has 1 N–H and O–H groups in total. The highest BCUT2D eigenvalue weighted by molar-refractivity contribution is 9.10. The Kier molecular flexibility index (Phi) is 5.98. The second-order valence-corrected chi connectivity index (χ2v) is 9.40. The maximum Gasteiger partial charge on any atom is 0.244 e. The standard InChI is InChI=1S/C23H24BrClN2O2/c1-23-11-5-4-7-17(23)21(23)22(28)27-26-13-15-9-10-20(18(24)12-15)29-14-16-6-2-3-8-19(16)25/h2-3,6,8-10,12-13,17,21H,4-5,7,11,14H2,1H3,(H,27,28)/b26-13-/t17-,21+,23+/m1/s1. The van der Waals surface area contributed by atoms with Crippen molar-refractivity contribution in [2.45, 2.75) is 39.2 Å². The van der Waals surface area contributed by atoms with Gasteiger partial charge < -0.3 is 4.74 Å². The second-order valence-electron chi connectivity index (χ2n) is 8.14. The van der Waals surface area contributed by atoms with Crippen LogP contribution in [0.2, 0.25) is 5.02 Å². The predicted molar refractivity (Wildman–Crippen MR) is 119 cm³/mol. The molecule has 4 nitrogen and oxygen atoms in total. The first-order chi connectivity index (χ1) is 14.0. The van der Waals surface area contributed by atoms with Gasteiger partial charge in [-0.1, -0.05) is 49.6 Å². The number of fused-ring (bicyclic) bond motifs is 1. The molecule has 2 aliphatic carbocycles. The van der Waals surface area contributed by atoms with Gasteiger partial charge in [0.2, 0.25) is 5.91 Å². The number of carbonyl (C=O) groups excluding carboxylic acids is 1. The van der Waals surface area contributed by atoms with Crippen molar-refractivity contribution in [2.75, 3.05) is 0 Å². The molecule has 1 amide bonds. The van der Waals surface area contributed by atoms with Gasteiger partial charge in [0.1, 0.15) is 12.4 Å². The number of benzene rings is 2. The van der Waals surface area contributed by atoms with E-state index < -0.39 is 0 Å². The molecule has 0 radical (unpaired) electrons. The number of ether oxygens (including phenoxy) is 1. The van der Waals surface area contributed by atoms with E-state index in [1.165, 1.54) is 19.3 Å². The normalized spacial score (nSPS) is 25.5. The molecule has 6 heteroatoms. The zero-order valence-corrected chi connectivity index (χ0v) is 18.7. The number of nitrogens with zero attached hydrogens (tertiary/aromatic N) is 1. The SMILES string of the molecule is C[C@]12CCCC[C@@H]1[C@H]2C(=O)N/N=C\c1ccc(OCc2ccccc2Cl)c(Br)c1. The van der Waals surface area contributed by atoms with Crippen LogP contribution in [0.3, 0.4) is 0 Å². The van der Waals surface area contributed by atoms with Gasteiger partial charge in [0.25, 0.3) is 0 Å². The van der Waals surface area contributed by atoms with Crippen LogP contribution >= 0.6 is 27.5 Å². The molecular weight excluding hydrogens is 452 g/mol. The van der Waals surface area contributed by atoms with Crippen molar-refractivity contribution in [3.63, 3.8) is 0 Å². The lowest BCUT2D eigenvalue weighted by molar-refractivity contribution is -0.123. The number of hydrogen-bond acceptors (Lipinski definition) is 3. The molecule has 2 aliphatic rings. The molecule has 0 saturated heterocycles. The lowest BCUT2D eigenvalue weighted by Crippen LogP contribution is -2.22. The lowest BCUT2D eigenvalue weighted by atomic mass is 9.90. The van der Waals surface area contributed by atoms with Gasteiger partial charge in [-0.2, -0.15) is 5.10 Å². The maximum absolute atomic E-state index is 12.5. The first kappa shape index (κ1) is 20.4. The molecule has 0 unspecified atom stereocenters. The van der Waals surface area contributed by atoms with Gasteiger partial charge >= 0.3 is 0 Å². The van der Waals surface area contributed by atoms with Crippen LogP contribution in [0.1, 0.15) is 43.7 Å². The quantitative estimate of drug-likeness (QED) is 0.414. The van der Waals surface area contributed by atoms with Crippen LogP contribution in [-0.4, -0.2) is 12.1 Å². The van der Waals surface area contributed by atoms with E-state index in [0.717, 1.165) is 27.8 Å². The summed E-state index contributed by atoms with van der Waals surface area (Å²) >= 11 is 9.70. The smallest absolute Gasteiger partial charge is 0.244 e. The summed E-state index contributed by atoms with van der Waals surface area (Å²) in [7, 11) is 0. The Morgan fingerprint density at radius 2 is 2.17 bits per heavy atom. The highest BCUT2D eigenvalue weighted by Crippen LogP contribution is 2.66. The van der Waals surface area contributed by atoms with Gasteiger partial charge in [-0.3, -0.25) is 4.79 Å². The molecule has 152 valence electrons. The Bertz CT molecular complexity index is 948. The van der Waals surface area contributed by atoms with E-state index in [0.29, 0.717) is 17.5 Å². The van der Waals surface area contributed by atoms with Crippen LogP contribution in [0.15, 0.2) is 52.0 Å². The minimum Gasteiger partial charge on any atom is -0.488 e. The van der Waals surface area contributed by atoms with Crippen molar-refractivity contribution in [3.05, 3.63) is 63.1 Å². The number of halogens is 2. The van der Waals surface area contributed by atoms with Crippen LogP contribution in [0.4, 0.5) is 0 Å². The van der Waals surface area contributed by atoms with E-state index in [2.05, 4.69) is 33.4 Å². The van der Waals surface area contributed by atoms with Crippen molar-refractivity contribution in [2.24, 2.45) is 22.4 Å². The van der Waals surface area contributed by atoms with Crippen molar-refractivity contribution >= 4 is 39.7 Å². The first-order valence-corrected chi connectivity index (χ1v) is 11.1. The Morgan fingerprint density at radius 3 is 2.90 bits per heavy atom. The van der Waals surface area contributed by atoms with Crippen molar-refractivity contribution in [3.8, 4) is 5.75 Å². The molecule has 0 aromatic heterocycles. The zero-order chi connectivity index (χ0) is 20.4. The van der Waals surface area contributed by atoms with Gasteiger partial charge in [-0.25, -0.2) is 5.43 Å². The summed E-state index contributed by atoms with van der Waals surface area (Å²) in [5, 5.41) is 4.85. The van der Waals surface area contributed by atoms with Gasteiger partial charge in [-0.15, -0.1) is 0 Å². The number of hydrogen-bond donors (Lipinski definition) is 1. The zero-order valence-electron chi connectivity index (χ0n) is 16.3. The number of nitrogens with one attached hydrogen (secondary N) is 1. The molecule has 0 spiro atoms. The maximum atomic E-state index is 12.5. The van der Waals surface area contributed by atoms with Crippen molar-refractivity contribution in [1.82, 2.24) is 5.43 Å². The molecule has 4 rings (SSSR count). The third kappa shape index (κ3) is 4.36. The fourth-order valence-corrected chi connectivity index (χ4v) is 5.28. The average molecular weight is 476 g/mol. The minimum atomic E-state index is 0.0504. The highest BCUT2D eigenvalue weighted by atomic mass is 79.9. The molecule has 3 atom stereocenters. The summed E-state index contributed by atoms with van der Waals surface area (Å²) in [6.07, 6.45) is 6.46. The average Bonchev–Trinajstić information content (AvgIpc) is 3.34. The third-order valence-corrected chi connectivity index (χ3v) is 7.29. The minimum absolute atomic E-state index is 0.0504. The van der Waals surface area contributed by atoms with E-state index in [4.69, 9.17) is 16.3 Å². The third-order valence-electron chi connectivity index (χ3n) is 6.30. The van der Waals surface area contributed by atoms with E-state index >= 15 is 0 Å². The van der Waals surface area contributed by atoms with Gasteiger partial charge in [0.15, 0.2) is 0 Å². The van der Waals surface area contributed by atoms with Crippen LogP contribution in [0.25, 0.3) is 0 Å². The van der Waals surface area contributed by atoms with E-state index in [9.17, 15) is 4.79 Å². The second kappa shape index (κ2) is 8.49. The molecule has 0 bridgehead atoms. The van der Waals surface area contributed by atoms with Crippen molar-refractivity contribution < 1.29 is 9.53 Å². The fraction of sp³-hybridized carbons (Fsp3) is 0.391. The number of hydrazone groups is 1. The molecule has 2 aromatic carbocycles. The van der Waals surface area contributed by atoms with E-state index in [1.54, 1.807) is 6.21 Å². The summed E-state index contributed by atoms with van der Waals surface area (Å²) < 4.78 is 6.68. The monoisotopic (exact) mass is 474 g/mol. The molecular formula is C23H24BrClN2O2. The van der Waals surface area contributed by atoms with Crippen LogP contribution in [0, 0.1) is 17.3 Å². The summed E-state index contributed by atoms with van der Waals surface area (Å²) in [4.78, 5) is 12.5. The van der Waals surface area contributed by atoms with E-state index in [-0.39, 0.29) is 17.2 Å². The van der Waals surface area contributed by atoms with Crippen LogP contribution in [-0.2, 0) is 11.4 Å². The fourth-order valence-electron chi connectivity index (χ4n) is 4.58. The topological polar surface area (TPSA) is 50.7 Å². The summed E-state index contributed by atoms with van der Waals surface area (Å²) in [6, 6.07) is 13.3. The largest absolute Gasteiger partial charge is 0.488 e. The highest BCUT2D eigenvalue weighted by Gasteiger charge is 2.64. The Labute approximate surface area is 184 Å². The lowest BCUT2D eigenvalue weighted by Gasteiger charge is -2.15.